The van der Waals surface area contributed by atoms with Gasteiger partial charge in [0.15, 0.2) is 0 Å². The third-order valence-corrected chi connectivity index (χ3v) is 0. The molecule has 0 saturated heterocycles. The molecule has 0 amide bonds. The molecule has 0 atom stereocenters. The Morgan fingerprint density at radius 2 is 1.25 bits per heavy atom. The summed E-state index contributed by atoms with van der Waals surface area (Å²) in [6, 6.07) is 0. The summed E-state index contributed by atoms with van der Waals surface area (Å²) >= 11 is 2.94. The third kappa shape index (κ3) is 10.1. The molecule has 0 unspecified atom stereocenters. The molecule has 1 radical (unpaired) electrons. The quantitative estimate of drug-likeness (QED) is 0.482. The topological polar surface area (TPSA) is 17.1 Å². The van der Waals surface area contributed by atoms with Crippen molar-refractivity contribution in [1.82, 2.24) is 0 Å². The van der Waals surface area contributed by atoms with Crippen molar-refractivity contribution in [3.8, 4) is 0 Å². The third-order valence-electron chi connectivity index (χ3n) is 0. The molecule has 0 rings (SSSR count). The van der Waals surface area contributed by atoms with Crippen molar-refractivity contribution in [3.05, 3.63) is 0 Å². The fraction of sp³-hybridized carbons (Fsp3) is 0. The maximum absolute atomic E-state index is 7.81. The van der Waals surface area contributed by atoms with Crippen LogP contribution >= 0.6 is 0 Å². The van der Waals surface area contributed by atoms with E-state index in [1.54, 1.807) is 0 Å². The average molecular weight is 186 g/mol. The Hall–Kier alpha value is 1.37. The van der Waals surface area contributed by atoms with Crippen LogP contribution in [0.5, 0.6) is 0 Å². The zero-order valence-corrected chi connectivity index (χ0v) is 4.89. The predicted octanol–water partition coefficient (Wildman–Crippen LogP) is -0.126. The van der Waals surface area contributed by atoms with Gasteiger partial charge in [-0.3, -0.25) is 0 Å². The van der Waals surface area contributed by atoms with Gasteiger partial charge in [-0.1, -0.05) is 0 Å². The van der Waals surface area contributed by atoms with Gasteiger partial charge in [-0.2, -0.15) is 0 Å². The first-order chi connectivity index (χ1) is 1.00. The summed E-state index contributed by atoms with van der Waals surface area (Å²) in [5.41, 5.74) is 0. The fourth-order valence-electron chi connectivity index (χ4n) is 0. The summed E-state index contributed by atoms with van der Waals surface area (Å²) in [5.74, 6) is 0. The van der Waals surface area contributed by atoms with Crippen molar-refractivity contribution in [3.63, 3.8) is 0 Å². The van der Waals surface area contributed by atoms with Gasteiger partial charge in [0.1, 0.15) is 0 Å². The van der Waals surface area contributed by atoms with Crippen LogP contribution in [-0.4, -0.2) is 0 Å². The second-order valence-electron chi connectivity index (χ2n) is 0. The van der Waals surface area contributed by atoms with Crippen LogP contribution in [0.3, 0.4) is 0 Å². The van der Waals surface area contributed by atoms with Crippen molar-refractivity contribution in [2.45, 2.75) is 0 Å². The molecular formula is CrCuMnO. The first kappa shape index (κ1) is 18.3. The Kier molecular flexibility index (Phi) is 121. The van der Waals surface area contributed by atoms with E-state index in [-0.39, 0.29) is 34.4 Å². The summed E-state index contributed by atoms with van der Waals surface area (Å²) < 4.78 is 7.81. The Morgan fingerprint density at radius 1 is 1.25 bits per heavy atom. The second-order valence-corrected chi connectivity index (χ2v) is 0. The summed E-state index contributed by atoms with van der Waals surface area (Å²) in [6.07, 6.45) is 0. The molecule has 0 aliphatic heterocycles. The van der Waals surface area contributed by atoms with Gasteiger partial charge in [0.05, 0.1) is 0 Å². The van der Waals surface area contributed by atoms with E-state index in [1.165, 1.54) is 0 Å². The Bertz CT molecular complexity index is 8.00. The van der Waals surface area contributed by atoms with Crippen LogP contribution in [-0.2, 0) is 54.2 Å². The molecule has 0 N–H and O–H groups in total. The van der Waals surface area contributed by atoms with Crippen molar-refractivity contribution in [2.75, 3.05) is 0 Å². The van der Waals surface area contributed by atoms with E-state index in [1.807, 2.05) is 0 Å². The van der Waals surface area contributed by atoms with Gasteiger partial charge in [-0.05, 0) is 0 Å². The number of hydrogen-bond donors (Lipinski definition) is 0. The van der Waals surface area contributed by atoms with Crippen molar-refractivity contribution < 1.29 is 54.2 Å². The van der Waals surface area contributed by atoms with Crippen LogP contribution in [0.1, 0.15) is 0 Å². The van der Waals surface area contributed by atoms with E-state index in [0.29, 0.717) is 0 Å². The second kappa shape index (κ2) is 26.4. The van der Waals surface area contributed by atoms with Crippen LogP contribution in [0.25, 0.3) is 0 Å². The van der Waals surface area contributed by atoms with Crippen LogP contribution in [0, 0.1) is 0 Å². The normalized spacial score (nSPS) is 1.50. The van der Waals surface area contributed by atoms with E-state index < -0.39 is 0 Å². The molecule has 0 aromatic rings. The Morgan fingerprint density at radius 3 is 1.25 bits per heavy atom. The van der Waals surface area contributed by atoms with Crippen LogP contribution < -0.4 is 0 Å². The molecule has 30 valence electrons. The minimum atomic E-state index is 0. The average Bonchev–Trinajstić information content (AvgIpc) is 1.00. The van der Waals surface area contributed by atoms with E-state index in [4.69, 9.17) is 3.83 Å². The molecule has 4 heavy (non-hydrogen) atoms. The van der Waals surface area contributed by atoms with Gasteiger partial charge >= 0.3 is 19.8 Å². The van der Waals surface area contributed by atoms with Gasteiger partial charge < -0.3 is 0 Å². The number of rotatable bonds is 0. The molecule has 0 fully saturated rings. The molecule has 0 aliphatic rings. The molecule has 4 heteroatoms. The first-order valence-corrected chi connectivity index (χ1v) is 0.508. The van der Waals surface area contributed by atoms with Crippen molar-refractivity contribution in [2.24, 2.45) is 0 Å². The zero-order valence-electron chi connectivity index (χ0n) is 1.50. The summed E-state index contributed by atoms with van der Waals surface area (Å²) in [6.45, 7) is 0. The van der Waals surface area contributed by atoms with E-state index in [2.05, 4.69) is 15.9 Å². The molecule has 0 aromatic carbocycles. The van der Waals surface area contributed by atoms with Crippen molar-refractivity contribution >= 4 is 0 Å². The number of hydrogen-bond acceptors (Lipinski definition) is 1. The van der Waals surface area contributed by atoms with Crippen LogP contribution in [0.4, 0.5) is 0 Å². The Balaban J connectivity index is -0.00000000500. The predicted molar refractivity (Wildman–Crippen MR) is 0.686 cm³/mol. The van der Waals surface area contributed by atoms with E-state index in [0.717, 1.165) is 0 Å². The van der Waals surface area contributed by atoms with Crippen LogP contribution in [0.2, 0.25) is 0 Å². The summed E-state index contributed by atoms with van der Waals surface area (Å²) in [4.78, 5) is 0. The Labute approximate surface area is 54.1 Å². The SMILES string of the molecule is [Cr].[Mn].[O]=[Cu]. The standard InChI is InChI=1S/Cr.Cu.Mn.O. The summed E-state index contributed by atoms with van der Waals surface area (Å²) in [5, 5.41) is 0. The minimum absolute atomic E-state index is 0. The fourth-order valence-corrected chi connectivity index (χ4v) is 0. The van der Waals surface area contributed by atoms with E-state index in [9.17, 15) is 0 Å². The van der Waals surface area contributed by atoms with E-state index >= 15 is 0 Å². The monoisotopic (exact) mass is 186 g/mol. The molecule has 0 aliphatic carbocycles. The molecule has 0 saturated carbocycles. The van der Waals surface area contributed by atoms with Gasteiger partial charge in [0.2, 0.25) is 0 Å². The van der Waals surface area contributed by atoms with Gasteiger partial charge in [-0.25, -0.2) is 0 Å². The molecular weight excluding hydrogens is 186 g/mol. The van der Waals surface area contributed by atoms with Gasteiger partial charge in [-0.15, -0.1) is 0 Å². The summed E-state index contributed by atoms with van der Waals surface area (Å²) in [7, 11) is 0. The van der Waals surface area contributed by atoms with Gasteiger partial charge in [0, 0.05) is 34.4 Å². The molecule has 0 bridgehead atoms. The molecule has 1 nitrogen and oxygen atoms in total. The van der Waals surface area contributed by atoms with Crippen LogP contribution in [0.15, 0.2) is 0 Å². The molecule has 0 aromatic heterocycles. The van der Waals surface area contributed by atoms with Gasteiger partial charge in [0.25, 0.3) is 0 Å². The maximum atomic E-state index is 7.81. The van der Waals surface area contributed by atoms with Crippen molar-refractivity contribution in [1.29, 1.82) is 0 Å². The first-order valence-electron chi connectivity index (χ1n) is 0.123. The molecule has 0 spiro atoms. The molecule has 0 heterocycles. The zero-order chi connectivity index (χ0) is 2.00.